The average Bonchev–Trinajstić information content (AvgIpc) is 3.22. The molecule has 2 aromatic heterocycles. The van der Waals surface area contributed by atoms with Gasteiger partial charge in [0.05, 0.1) is 0 Å². The first kappa shape index (κ1) is 28.0. The number of aromatic nitrogens is 2. The van der Waals surface area contributed by atoms with Gasteiger partial charge in [0.25, 0.3) is 15.9 Å². The molecule has 3 N–H and O–H groups in total. The van der Waals surface area contributed by atoms with Gasteiger partial charge in [-0.1, -0.05) is 40.5 Å². The molecule has 2 heterocycles. The van der Waals surface area contributed by atoms with E-state index in [4.69, 9.17) is 27.7 Å². The molecular weight excluding hydrogens is 570 g/mol. The molecule has 0 atom stereocenters. The van der Waals surface area contributed by atoms with E-state index in [1.54, 1.807) is 12.1 Å². The van der Waals surface area contributed by atoms with Crippen molar-refractivity contribution in [1.82, 2.24) is 15.5 Å². The summed E-state index contributed by atoms with van der Waals surface area (Å²) in [5.41, 5.74) is 0.719. The number of hydrogen-bond donors (Lipinski definition) is 3. The Morgan fingerprint density at radius 2 is 1.72 bits per heavy atom. The van der Waals surface area contributed by atoms with Gasteiger partial charge < -0.3 is 15.2 Å². The quantitative estimate of drug-likeness (QED) is 0.194. The van der Waals surface area contributed by atoms with Crippen LogP contribution in [0.1, 0.15) is 27.4 Å². The number of carbonyl (C=O) groups is 1. The van der Waals surface area contributed by atoms with Crippen molar-refractivity contribution in [3.05, 3.63) is 99.1 Å². The predicted octanol–water partition coefficient (Wildman–Crippen LogP) is 5.33. The van der Waals surface area contributed by atoms with E-state index in [0.717, 1.165) is 6.07 Å². The molecule has 4 rings (SSSR count). The summed E-state index contributed by atoms with van der Waals surface area (Å²) < 4.78 is 47.4. The van der Waals surface area contributed by atoms with Crippen molar-refractivity contribution in [2.24, 2.45) is 4.99 Å². The van der Waals surface area contributed by atoms with Crippen molar-refractivity contribution in [1.29, 1.82) is 0 Å². The van der Waals surface area contributed by atoms with E-state index in [1.807, 2.05) is 0 Å². The van der Waals surface area contributed by atoms with Gasteiger partial charge in [0.15, 0.2) is 10.7 Å². The lowest BCUT2D eigenvalue weighted by molar-refractivity contribution is 0.100. The Morgan fingerprint density at radius 3 is 2.38 bits per heavy atom. The van der Waals surface area contributed by atoms with Crippen molar-refractivity contribution < 1.29 is 22.1 Å². The largest absolute Gasteiger partial charge is 0.360 e. The summed E-state index contributed by atoms with van der Waals surface area (Å²) in [6, 6.07) is 14.8. The van der Waals surface area contributed by atoms with Gasteiger partial charge in [0.2, 0.25) is 5.96 Å². The second-order valence-corrected chi connectivity index (χ2v) is 10.6. The van der Waals surface area contributed by atoms with Crippen LogP contribution in [0, 0.1) is 19.7 Å². The zero-order chi connectivity index (χ0) is 28.2. The maximum absolute atomic E-state index is 14.3. The number of aryl methyl sites for hydroxylation is 2. The summed E-state index contributed by atoms with van der Waals surface area (Å²) >= 11 is 11.7. The summed E-state index contributed by atoms with van der Waals surface area (Å²) in [7, 11) is -4.05. The minimum atomic E-state index is -4.05. The number of hydrogen-bond acceptors (Lipinski definition) is 6. The summed E-state index contributed by atoms with van der Waals surface area (Å²) in [5.74, 6) is -0.987. The van der Waals surface area contributed by atoms with E-state index < -0.39 is 21.7 Å². The first-order valence-corrected chi connectivity index (χ1v) is 13.5. The maximum Gasteiger partial charge on any atom is 0.280 e. The highest BCUT2D eigenvalue weighted by Gasteiger charge is 2.24. The van der Waals surface area contributed by atoms with Gasteiger partial charge >= 0.3 is 0 Å². The number of carbonyl (C=O) groups excluding carboxylic acids is 1. The lowest BCUT2D eigenvalue weighted by Crippen LogP contribution is -2.32. The normalized spacial score (nSPS) is 11.8. The molecule has 0 spiro atoms. The van der Waals surface area contributed by atoms with Crippen LogP contribution in [-0.2, 0) is 16.6 Å². The van der Waals surface area contributed by atoms with Crippen LogP contribution in [0.3, 0.4) is 0 Å². The van der Waals surface area contributed by atoms with Crippen molar-refractivity contribution >= 4 is 56.7 Å². The van der Waals surface area contributed by atoms with E-state index in [2.05, 4.69) is 30.5 Å². The monoisotopic (exact) mass is 590 g/mol. The number of guanidine groups is 1. The summed E-state index contributed by atoms with van der Waals surface area (Å²) in [5, 5.41) is 10.1. The molecule has 202 valence electrons. The number of nitrogens with one attached hydrogen (secondary N) is 3. The molecule has 0 aliphatic carbocycles. The molecule has 10 nitrogen and oxygen atoms in total. The van der Waals surface area contributed by atoms with Crippen LogP contribution in [0.4, 0.5) is 16.0 Å². The highest BCUT2D eigenvalue weighted by Crippen LogP contribution is 2.22. The van der Waals surface area contributed by atoms with Crippen LogP contribution in [0.5, 0.6) is 0 Å². The van der Waals surface area contributed by atoms with Gasteiger partial charge in [-0.05, 0) is 62.4 Å². The SMILES string of the molecule is Cc1noc(C)c1S(=O)(=O)Nc1cccc(N/C(=N\C(=O)c2ccc(Cl)cc2)NCc2ccc(Cl)cc2F)n1. The van der Waals surface area contributed by atoms with Crippen molar-refractivity contribution in [2.75, 3.05) is 10.0 Å². The minimum Gasteiger partial charge on any atom is -0.360 e. The van der Waals surface area contributed by atoms with Gasteiger partial charge in [0, 0.05) is 27.7 Å². The smallest absolute Gasteiger partial charge is 0.280 e. The predicted molar refractivity (Wildman–Crippen MR) is 146 cm³/mol. The number of aliphatic imine (C=N–C) groups is 1. The molecule has 14 heteroatoms. The van der Waals surface area contributed by atoms with Crippen LogP contribution >= 0.6 is 23.2 Å². The van der Waals surface area contributed by atoms with Gasteiger partial charge in [-0.25, -0.2) is 17.8 Å². The topological polar surface area (TPSA) is 139 Å². The fraction of sp³-hybridized carbons (Fsp3) is 0.120. The Labute approximate surface area is 233 Å². The van der Waals surface area contributed by atoms with Crippen LogP contribution in [-0.4, -0.2) is 30.4 Å². The van der Waals surface area contributed by atoms with Crippen molar-refractivity contribution in [2.45, 2.75) is 25.3 Å². The molecule has 0 aliphatic rings. The number of anilines is 2. The molecular formula is C25H21Cl2FN6O4S. The third-order valence-corrected chi connectivity index (χ3v) is 7.32. The van der Waals surface area contributed by atoms with Crippen LogP contribution in [0.15, 0.2) is 75.1 Å². The first-order valence-electron chi connectivity index (χ1n) is 11.3. The Morgan fingerprint density at radius 1 is 1.03 bits per heavy atom. The molecule has 4 aromatic rings. The molecule has 0 fully saturated rings. The molecule has 1 amide bonds. The number of sulfonamides is 1. The average molecular weight is 591 g/mol. The molecule has 39 heavy (non-hydrogen) atoms. The third kappa shape index (κ3) is 7.11. The number of amides is 1. The lowest BCUT2D eigenvalue weighted by Gasteiger charge is -2.13. The fourth-order valence-electron chi connectivity index (χ4n) is 3.44. The van der Waals surface area contributed by atoms with E-state index in [1.165, 1.54) is 56.3 Å². The summed E-state index contributed by atoms with van der Waals surface area (Å²) in [6.07, 6.45) is 0. The van der Waals surface area contributed by atoms with E-state index in [9.17, 15) is 17.6 Å². The van der Waals surface area contributed by atoms with Gasteiger partial charge in [-0.15, -0.1) is 0 Å². The number of rotatable bonds is 7. The maximum atomic E-state index is 14.3. The van der Waals surface area contributed by atoms with Crippen LogP contribution in [0.25, 0.3) is 0 Å². The van der Waals surface area contributed by atoms with Crippen molar-refractivity contribution in [3.63, 3.8) is 0 Å². The van der Waals surface area contributed by atoms with Crippen molar-refractivity contribution in [3.8, 4) is 0 Å². The van der Waals surface area contributed by atoms with Gasteiger partial charge in [-0.3, -0.25) is 9.52 Å². The Hall–Kier alpha value is -4.00. The number of nitrogens with zero attached hydrogens (tertiary/aromatic N) is 3. The number of benzene rings is 2. The fourth-order valence-corrected chi connectivity index (χ4v) is 5.06. The molecule has 0 saturated heterocycles. The number of halogens is 3. The standard InChI is InChI=1S/C25H21Cl2FN6O4S/c1-14-23(15(2)38-33-14)39(36,37)34-22-5-3-4-21(30-22)31-25(29-13-17-8-11-19(27)12-20(17)28)32-24(35)16-6-9-18(26)10-7-16/h3-12H,13H2,1-2H3,(H3,29,30,31,32,34,35). The second-order valence-electron chi connectivity index (χ2n) is 8.15. The summed E-state index contributed by atoms with van der Waals surface area (Å²) in [6.45, 7) is 2.93. The molecule has 0 aliphatic heterocycles. The minimum absolute atomic E-state index is 0.0212. The Bertz CT molecular complexity index is 1640. The van der Waals surface area contributed by atoms with E-state index in [0.29, 0.717) is 5.02 Å². The Kier molecular flexibility index (Phi) is 8.48. The second kappa shape index (κ2) is 11.8. The molecule has 0 bridgehead atoms. The van der Waals surface area contributed by atoms with Crippen LogP contribution in [0.2, 0.25) is 10.0 Å². The molecule has 0 saturated carbocycles. The first-order chi connectivity index (χ1) is 18.5. The zero-order valence-corrected chi connectivity index (χ0v) is 22.8. The molecule has 0 unspecified atom stereocenters. The van der Waals surface area contributed by atoms with Crippen LogP contribution < -0.4 is 15.4 Å². The van der Waals surface area contributed by atoms with Gasteiger partial charge in [0.1, 0.15) is 23.1 Å². The molecule has 2 aromatic carbocycles. The molecule has 0 radical (unpaired) electrons. The van der Waals surface area contributed by atoms with E-state index in [-0.39, 0.29) is 56.6 Å². The third-order valence-electron chi connectivity index (χ3n) is 5.24. The Balaban J connectivity index is 1.59. The highest BCUT2D eigenvalue weighted by molar-refractivity contribution is 7.92. The van der Waals surface area contributed by atoms with Gasteiger partial charge in [-0.2, -0.15) is 4.99 Å². The lowest BCUT2D eigenvalue weighted by atomic mass is 10.2. The number of pyridine rings is 1. The zero-order valence-electron chi connectivity index (χ0n) is 20.5. The highest BCUT2D eigenvalue weighted by atomic mass is 35.5. The van der Waals surface area contributed by atoms with E-state index >= 15 is 0 Å². The summed E-state index contributed by atoms with van der Waals surface area (Å²) in [4.78, 5) is 21.0.